The Labute approximate surface area is 162 Å². The molecule has 1 heterocycles. The normalized spacial score (nSPS) is 15.2. The molecule has 0 atom stereocenters. The van der Waals surface area contributed by atoms with Crippen LogP contribution in [0.2, 0.25) is 0 Å². The lowest BCUT2D eigenvalue weighted by Crippen LogP contribution is -2.40. The summed E-state index contributed by atoms with van der Waals surface area (Å²) in [5.41, 5.74) is -0.615. The lowest BCUT2D eigenvalue weighted by atomic mass is 10.1. The van der Waals surface area contributed by atoms with Gasteiger partial charge in [0.05, 0.1) is 14.2 Å². The van der Waals surface area contributed by atoms with Crippen LogP contribution >= 0.6 is 0 Å². The average molecular weight is 392 g/mol. The Morgan fingerprint density at radius 2 is 1.79 bits per heavy atom. The number of hydrogen-bond donors (Lipinski definition) is 1. The molecule has 0 spiro atoms. The van der Waals surface area contributed by atoms with E-state index in [0.29, 0.717) is 17.1 Å². The molecule has 0 saturated carbocycles. The van der Waals surface area contributed by atoms with Crippen molar-refractivity contribution in [2.45, 2.75) is 32.2 Å². The first-order valence-corrected chi connectivity index (χ1v) is 8.74. The van der Waals surface area contributed by atoms with E-state index in [4.69, 9.17) is 14.2 Å². The van der Waals surface area contributed by atoms with Gasteiger partial charge in [-0.1, -0.05) is 0 Å². The maximum Gasteiger partial charge on any atom is 0.325 e. The summed E-state index contributed by atoms with van der Waals surface area (Å²) in [5.74, 6) is -0.421. The molecule has 9 nitrogen and oxygen atoms in total. The molecule has 1 aromatic carbocycles. The molecular weight excluding hydrogens is 368 g/mol. The first-order chi connectivity index (χ1) is 13.2. The first-order valence-electron chi connectivity index (χ1n) is 8.74. The smallest absolute Gasteiger partial charge is 0.325 e. The van der Waals surface area contributed by atoms with E-state index in [2.05, 4.69) is 5.32 Å². The summed E-state index contributed by atoms with van der Waals surface area (Å²) >= 11 is 0. The number of Topliss-reactive ketones (excluding diaryl/α,β-unsaturated/α-hetero) is 1. The van der Waals surface area contributed by atoms with Gasteiger partial charge < -0.3 is 19.5 Å². The molecular formula is C19H24N2O7. The molecule has 152 valence electrons. The van der Waals surface area contributed by atoms with Crippen LogP contribution < -0.4 is 14.8 Å². The summed E-state index contributed by atoms with van der Waals surface area (Å²) < 4.78 is 15.2. The number of hydrogen-bond acceptors (Lipinski definition) is 7. The van der Waals surface area contributed by atoms with Gasteiger partial charge in [0, 0.05) is 18.5 Å². The van der Waals surface area contributed by atoms with E-state index < -0.39 is 24.1 Å². The summed E-state index contributed by atoms with van der Waals surface area (Å²) in [4.78, 5) is 48.9. The van der Waals surface area contributed by atoms with Crippen LogP contribution in [-0.2, 0) is 14.3 Å². The molecule has 0 aliphatic carbocycles. The van der Waals surface area contributed by atoms with Gasteiger partial charge in [-0.3, -0.25) is 19.3 Å². The maximum atomic E-state index is 12.2. The standard InChI is InChI=1S/C19H24N2O7/c1-19(2)17(24)21(18(25)20-19)9-5-6-16(23)28-11-13(22)12-7-8-14(26-3)15(10-12)27-4/h7-8,10H,5-6,9,11H2,1-4H3,(H,20,25). The fraction of sp³-hybridized carbons (Fsp3) is 0.474. The van der Waals surface area contributed by atoms with Gasteiger partial charge >= 0.3 is 12.0 Å². The van der Waals surface area contributed by atoms with Crippen molar-refractivity contribution in [3.05, 3.63) is 23.8 Å². The van der Waals surface area contributed by atoms with Gasteiger partial charge in [0.15, 0.2) is 23.9 Å². The Morgan fingerprint density at radius 3 is 2.36 bits per heavy atom. The fourth-order valence-corrected chi connectivity index (χ4v) is 2.71. The average Bonchev–Trinajstić information content (AvgIpc) is 2.86. The SMILES string of the molecule is COc1ccc(C(=O)COC(=O)CCCN2C(=O)NC(C)(C)C2=O)cc1OC. The number of nitrogens with one attached hydrogen (secondary N) is 1. The van der Waals surface area contributed by atoms with E-state index >= 15 is 0 Å². The molecule has 9 heteroatoms. The molecule has 0 aromatic heterocycles. The highest BCUT2D eigenvalue weighted by Crippen LogP contribution is 2.27. The predicted octanol–water partition coefficient (Wildman–Crippen LogP) is 1.54. The van der Waals surface area contributed by atoms with Gasteiger partial charge in [-0.05, 0) is 38.5 Å². The lowest BCUT2D eigenvalue weighted by Gasteiger charge is -2.15. The zero-order valence-corrected chi connectivity index (χ0v) is 16.4. The van der Waals surface area contributed by atoms with Crippen molar-refractivity contribution in [3.63, 3.8) is 0 Å². The summed E-state index contributed by atoms with van der Waals surface area (Å²) in [5, 5.41) is 2.56. The van der Waals surface area contributed by atoms with E-state index in [-0.39, 0.29) is 31.1 Å². The van der Waals surface area contributed by atoms with Crippen LogP contribution in [0.5, 0.6) is 11.5 Å². The highest BCUT2D eigenvalue weighted by atomic mass is 16.5. The summed E-state index contributed by atoms with van der Waals surface area (Å²) in [6.45, 7) is 2.92. The van der Waals surface area contributed by atoms with E-state index in [0.717, 1.165) is 4.90 Å². The van der Waals surface area contributed by atoms with Crippen molar-refractivity contribution in [1.82, 2.24) is 10.2 Å². The number of ketones is 1. The van der Waals surface area contributed by atoms with E-state index in [9.17, 15) is 19.2 Å². The Hall–Kier alpha value is -3.10. The van der Waals surface area contributed by atoms with Crippen LogP contribution in [0.1, 0.15) is 37.0 Å². The number of carbonyl (C=O) groups excluding carboxylic acids is 4. The maximum absolute atomic E-state index is 12.2. The second kappa shape index (κ2) is 8.73. The number of nitrogens with zero attached hydrogens (tertiary/aromatic N) is 1. The largest absolute Gasteiger partial charge is 0.493 e. The molecule has 1 aliphatic rings. The third-order valence-corrected chi connectivity index (χ3v) is 4.28. The summed E-state index contributed by atoms with van der Waals surface area (Å²) in [7, 11) is 2.94. The third-order valence-electron chi connectivity index (χ3n) is 4.28. The number of rotatable bonds is 9. The third kappa shape index (κ3) is 4.79. The molecule has 1 fully saturated rings. The van der Waals surface area contributed by atoms with Crippen LogP contribution in [0.3, 0.4) is 0 Å². The Bertz CT molecular complexity index is 788. The number of carbonyl (C=O) groups is 4. The Balaban J connectivity index is 1.79. The molecule has 0 radical (unpaired) electrons. The number of methoxy groups -OCH3 is 2. The van der Waals surface area contributed by atoms with Gasteiger partial charge in [-0.15, -0.1) is 0 Å². The number of esters is 1. The van der Waals surface area contributed by atoms with Crippen molar-refractivity contribution in [3.8, 4) is 11.5 Å². The Kier molecular flexibility index (Phi) is 6.61. The van der Waals surface area contributed by atoms with Crippen molar-refractivity contribution < 1.29 is 33.4 Å². The lowest BCUT2D eigenvalue weighted by molar-refractivity contribution is -0.143. The molecule has 0 unspecified atom stereocenters. The molecule has 3 amide bonds. The number of ether oxygens (including phenoxy) is 3. The zero-order valence-electron chi connectivity index (χ0n) is 16.4. The number of imide groups is 1. The number of amides is 3. The van der Waals surface area contributed by atoms with E-state index in [1.807, 2.05) is 0 Å². The number of urea groups is 1. The summed E-state index contributed by atoms with van der Waals surface area (Å²) in [6, 6.07) is 4.17. The first kappa shape index (κ1) is 21.2. The van der Waals surface area contributed by atoms with Gasteiger partial charge in [0.1, 0.15) is 5.54 Å². The molecule has 1 aromatic rings. The highest BCUT2D eigenvalue weighted by molar-refractivity contribution is 6.06. The molecule has 1 N–H and O–H groups in total. The monoisotopic (exact) mass is 392 g/mol. The second-order valence-electron chi connectivity index (χ2n) is 6.77. The van der Waals surface area contributed by atoms with Crippen molar-refractivity contribution in [2.24, 2.45) is 0 Å². The highest BCUT2D eigenvalue weighted by Gasteiger charge is 2.43. The van der Waals surface area contributed by atoms with Gasteiger partial charge in [0.25, 0.3) is 5.91 Å². The van der Waals surface area contributed by atoms with Crippen LogP contribution in [0.25, 0.3) is 0 Å². The van der Waals surface area contributed by atoms with E-state index in [1.165, 1.54) is 20.3 Å². The van der Waals surface area contributed by atoms with Crippen LogP contribution in [0.4, 0.5) is 4.79 Å². The van der Waals surface area contributed by atoms with Crippen LogP contribution in [-0.4, -0.2) is 61.5 Å². The van der Waals surface area contributed by atoms with Crippen LogP contribution in [0, 0.1) is 0 Å². The van der Waals surface area contributed by atoms with Gasteiger partial charge in [0.2, 0.25) is 0 Å². The molecule has 28 heavy (non-hydrogen) atoms. The van der Waals surface area contributed by atoms with Gasteiger partial charge in [-0.25, -0.2) is 4.79 Å². The topological polar surface area (TPSA) is 111 Å². The zero-order chi connectivity index (χ0) is 20.9. The van der Waals surface area contributed by atoms with Crippen molar-refractivity contribution >= 4 is 23.7 Å². The predicted molar refractivity (Wildman–Crippen MR) is 98.4 cm³/mol. The quantitative estimate of drug-likeness (QED) is 0.385. The summed E-state index contributed by atoms with van der Waals surface area (Å²) in [6.07, 6.45) is 0.231. The molecule has 2 rings (SSSR count). The minimum Gasteiger partial charge on any atom is -0.493 e. The molecule has 0 bridgehead atoms. The van der Waals surface area contributed by atoms with Crippen molar-refractivity contribution in [2.75, 3.05) is 27.4 Å². The van der Waals surface area contributed by atoms with Gasteiger partial charge in [-0.2, -0.15) is 0 Å². The van der Waals surface area contributed by atoms with E-state index in [1.54, 1.807) is 26.0 Å². The Morgan fingerprint density at radius 1 is 1.11 bits per heavy atom. The second-order valence-corrected chi connectivity index (χ2v) is 6.77. The molecule has 1 saturated heterocycles. The number of benzene rings is 1. The molecule has 1 aliphatic heterocycles. The van der Waals surface area contributed by atoms with Crippen molar-refractivity contribution in [1.29, 1.82) is 0 Å². The minimum absolute atomic E-state index is 0.0172. The fourth-order valence-electron chi connectivity index (χ4n) is 2.71. The minimum atomic E-state index is -0.941. The van der Waals surface area contributed by atoms with Crippen LogP contribution in [0.15, 0.2) is 18.2 Å².